The minimum absolute atomic E-state index is 0.410. The molecule has 1 unspecified atom stereocenters. The first-order valence-electron chi connectivity index (χ1n) is 7.16. The average molecular weight is 237 g/mol. The van der Waals surface area contributed by atoms with Gasteiger partial charge < -0.3 is 9.80 Å². The van der Waals surface area contributed by atoms with Crippen molar-refractivity contribution in [3.8, 4) is 0 Å². The van der Waals surface area contributed by atoms with Crippen LogP contribution >= 0.6 is 0 Å². The Morgan fingerprint density at radius 3 is 2.53 bits per heavy atom. The summed E-state index contributed by atoms with van der Waals surface area (Å²) in [7, 11) is 2.23. The highest BCUT2D eigenvalue weighted by Gasteiger charge is 2.26. The highest BCUT2D eigenvalue weighted by molar-refractivity contribution is 5.49. The van der Waals surface area contributed by atoms with E-state index in [9.17, 15) is 4.79 Å². The first kappa shape index (κ1) is 12.9. The van der Waals surface area contributed by atoms with Crippen molar-refractivity contribution in [2.45, 2.75) is 63.5 Å². The highest BCUT2D eigenvalue weighted by atomic mass is 16.1. The Balaban J connectivity index is 1.83. The maximum atomic E-state index is 10.9. The van der Waals surface area contributed by atoms with Gasteiger partial charge in [0.25, 0.3) is 0 Å². The summed E-state index contributed by atoms with van der Waals surface area (Å²) in [6, 6.07) is 1.16. The van der Waals surface area contributed by atoms with Crippen LogP contribution in [0.25, 0.3) is 0 Å². The third-order valence-electron chi connectivity index (χ3n) is 4.44. The van der Waals surface area contributed by atoms with Crippen LogP contribution in [-0.2, 0) is 4.79 Å². The van der Waals surface area contributed by atoms with E-state index >= 15 is 0 Å². The van der Waals surface area contributed by atoms with Gasteiger partial charge in [-0.1, -0.05) is 19.3 Å². The zero-order valence-electron chi connectivity index (χ0n) is 11.0. The number of hydrogen-bond acceptors (Lipinski definition) is 2. The van der Waals surface area contributed by atoms with Crippen LogP contribution in [0.15, 0.2) is 0 Å². The van der Waals surface area contributed by atoms with Crippen LogP contribution in [0.4, 0.5) is 0 Å². The molecule has 1 aliphatic carbocycles. The van der Waals surface area contributed by atoms with Crippen LogP contribution in [0.5, 0.6) is 0 Å². The van der Waals surface area contributed by atoms with Gasteiger partial charge in [-0.15, -0.1) is 0 Å². The van der Waals surface area contributed by atoms with E-state index < -0.39 is 0 Å². The van der Waals surface area contributed by atoms with Gasteiger partial charge in [-0.2, -0.15) is 0 Å². The SMILES string of the molecule is CN(CC1CCCCN1[C]=O)C1CCCCC1. The topological polar surface area (TPSA) is 23.6 Å². The zero-order chi connectivity index (χ0) is 12.1. The van der Waals surface area contributed by atoms with Crippen molar-refractivity contribution in [2.24, 2.45) is 0 Å². The average Bonchev–Trinajstić information content (AvgIpc) is 2.40. The summed E-state index contributed by atoms with van der Waals surface area (Å²) >= 11 is 0. The summed E-state index contributed by atoms with van der Waals surface area (Å²) in [6.07, 6.45) is 12.5. The van der Waals surface area contributed by atoms with E-state index in [2.05, 4.69) is 18.4 Å². The van der Waals surface area contributed by atoms with E-state index in [0.717, 1.165) is 32.0 Å². The highest BCUT2D eigenvalue weighted by Crippen LogP contribution is 2.23. The molecule has 0 N–H and O–H groups in total. The molecule has 1 amide bonds. The van der Waals surface area contributed by atoms with Crippen molar-refractivity contribution in [3.05, 3.63) is 0 Å². The lowest BCUT2D eigenvalue weighted by atomic mass is 9.93. The molecular formula is C14H25N2O. The van der Waals surface area contributed by atoms with Gasteiger partial charge in [0.2, 0.25) is 0 Å². The first-order valence-corrected chi connectivity index (χ1v) is 7.16. The molecule has 2 aliphatic rings. The van der Waals surface area contributed by atoms with Crippen LogP contribution in [-0.4, -0.2) is 48.4 Å². The molecule has 17 heavy (non-hydrogen) atoms. The van der Waals surface area contributed by atoms with E-state index in [0.29, 0.717) is 6.04 Å². The predicted molar refractivity (Wildman–Crippen MR) is 69.5 cm³/mol. The molecule has 1 aliphatic heterocycles. The fraction of sp³-hybridized carbons (Fsp3) is 0.929. The molecule has 3 heteroatoms. The molecule has 3 nitrogen and oxygen atoms in total. The van der Waals surface area contributed by atoms with Gasteiger partial charge in [0, 0.05) is 25.2 Å². The first-order chi connectivity index (χ1) is 8.31. The summed E-state index contributed by atoms with van der Waals surface area (Å²) in [4.78, 5) is 15.3. The van der Waals surface area contributed by atoms with E-state index in [1.54, 1.807) is 0 Å². The Morgan fingerprint density at radius 2 is 1.82 bits per heavy atom. The number of hydrogen-bond donors (Lipinski definition) is 0. The van der Waals surface area contributed by atoms with Crippen LogP contribution in [0.1, 0.15) is 51.4 Å². The molecule has 0 aromatic heterocycles. The minimum atomic E-state index is 0.410. The van der Waals surface area contributed by atoms with E-state index in [-0.39, 0.29) is 0 Å². The molecule has 1 atom stereocenters. The lowest BCUT2D eigenvalue weighted by molar-refractivity contribution is 0.127. The standard InChI is InChI=1S/C14H25N2O/c1-15(13-7-3-2-4-8-13)11-14-9-5-6-10-16(14)12-17/h13-14H,2-11H2,1H3. The molecule has 0 aromatic rings. The van der Waals surface area contributed by atoms with Gasteiger partial charge in [0.15, 0.2) is 0 Å². The summed E-state index contributed by atoms with van der Waals surface area (Å²) < 4.78 is 0. The quantitative estimate of drug-likeness (QED) is 0.748. The van der Waals surface area contributed by atoms with Crippen molar-refractivity contribution < 1.29 is 4.79 Å². The second-order valence-corrected chi connectivity index (χ2v) is 5.67. The molecule has 0 aromatic carbocycles. The third kappa shape index (κ3) is 3.44. The van der Waals surface area contributed by atoms with Gasteiger partial charge in [-0.3, -0.25) is 4.79 Å². The van der Waals surface area contributed by atoms with Crippen LogP contribution < -0.4 is 0 Å². The van der Waals surface area contributed by atoms with Crippen molar-refractivity contribution in [1.29, 1.82) is 0 Å². The second kappa shape index (κ2) is 6.39. The predicted octanol–water partition coefficient (Wildman–Crippen LogP) is 2.17. The summed E-state index contributed by atoms with van der Waals surface area (Å²) in [6.45, 7) is 1.95. The van der Waals surface area contributed by atoms with E-state index in [1.807, 2.05) is 4.90 Å². The van der Waals surface area contributed by atoms with Gasteiger partial charge in [-0.25, -0.2) is 0 Å². The van der Waals surface area contributed by atoms with Crippen molar-refractivity contribution in [2.75, 3.05) is 20.1 Å². The molecule has 1 radical (unpaired) electrons. The fourth-order valence-electron chi connectivity index (χ4n) is 3.31. The van der Waals surface area contributed by atoms with Gasteiger partial charge in [-0.05, 0) is 39.2 Å². The summed E-state index contributed by atoms with van der Waals surface area (Å²) in [5.41, 5.74) is 0. The summed E-state index contributed by atoms with van der Waals surface area (Å²) in [5.74, 6) is 0. The second-order valence-electron chi connectivity index (χ2n) is 5.67. The Morgan fingerprint density at radius 1 is 1.12 bits per heavy atom. The molecular weight excluding hydrogens is 212 g/mol. The number of rotatable bonds is 4. The molecule has 1 saturated heterocycles. The van der Waals surface area contributed by atoms with Crippen LogP contribution in [0.3, 0.4) is 0 Å². The Hall–Kier alpha value is -0.570. The molecule has 1 heterocycles. The smallest absolute Gasteiger partial charge is 0.312 e. The maximum Gasteiger partial charge on any atom is 0.312 e. The van der Waals surface area contributed by atoms with Crippen LogP contribution in [0.2, 0.25) is 0 Å². The Bertz CT molecular complexity index is 238. The van der Waals surface area contributed by atoms with E-state index in [4.69, 9.17) is 0 Å². The largest absolute Gasteiger partial charge is 0.330 e. The maximum absolute atomic E-state index is 10.9. The molecule has 0 spiro atoms. The van der Waals surface area contributed by atoms with Gasteiger partial charge in [0.05, 0.1) is 0 Å². The summed E-state index contributed by atoms with van der Waals surface area (Å²) in [5, 5.41) is 0. The van der Waals surface area contributed by atoms with Crippen molar-refractivity contribution in [3.63, 3.8) is 0 Å². The minimum Gasteiger partial charge on any atom is -0.330 e. The molecule has 97 valence electrons. The lowest BCUT2D eigenvalue weighted by Crippen LogP contribution is -2.47. The fourth-order valence-corrected chi connectivity index (χ4v) is 3.31. The van der Waals surface area contributed by atoms with Crippen LogP contribution in [0, 0.1) is 0 Å². The number of likely N-dealkylation sites (N-methyl/N-ethyl adjacent to an activating group) is 1. The molecule has 0 bridgehead atoms. The zero-order valence-corrected chi connectivity index (χ0v) is 11.0. The van der Waals surface area contributed by atoms with Crippen molar-refractivity contribution in [1.82, 2.24) is 9.80 Å². The monoisotopic (exact) mass is 237 g/mol. The molecule has 2 fully saturated rings. The number of amides is 1. The third-order valence-corrected chi connectivity index (χ3v) is 4.44. The number of piperidine rings is 1. The Labute approximate surface area is 105 Å². The molecule has 1 saturated carbocycles. The van der Waals surface area contributed by atoms with Crippen molar-refractivity contribution >= 4 is 6.41 Å². The van der Waals surface area contributed by atoms with Gasteiger partial charge in [0.1, 0.15) is 0 Å². The number of carbonyl (C=O) groups excluding carboxylic acids is 1. The lowest BCUT2D eigenvalue weighted by Gasteiger charge is -2.38. The molecule has 2 rings (SSSR count). The Kier molecular flexibility index (Phi) is 4.84. The normalized spacial score (nSPS) is 27.4. The number of nitrogens with zero attached hydrogens (tertiary/aromatic N) is 2. The van der Waals surface area contributed by atoms with E-state index in [1.165, 1.54) is 38.5 Å². The number of likely N-dealkylation sites (tertiary alicyclic amines) is 1. The van der Waals surface area contributed by atoms with Gasteiger partial charge >= 0.3 is 6.41 Å².